The van der Waals surface area contributed by atoms with Crippen LogP contribution in [0.2, 0.25) is 0 Å². The van der Waals surface area contributed by atoms with Gasteiger partial charge in [0, 0.05) is 19.0 Å². The van der Waals surface area contributed by atoms with Crippen molar-refractivity contribution in [2.75, 3.05) is 6.54 Å². The summed E-state index contributed by atoms with van der Waals surface area (Å²) in [6, 6.07) is 6.52. The van der Waals surface area contributed by atoms with E-state index in [1.54, 1.807) is 0 Å². The molecule has 10 N–H and O–H groups in total. The second kappa shape index (κ2) is 15.6. The Balaban J connectivity index is 2.10. The molecule has 38 heavy (non-hydrogen) atoms. The van der Waals surface area contributed by atoms with Crippen LogP contribution in [0, 0.1) is 5.92 Å². The quantitative estimate of drug-likeness (QED) is 0.0962. The van der Waals surface area contributed by atoms with Crippen LogP contribution in [0.3, 0.4) is 0 Å². The largest absolute Gasteiger partial charge is 0.481 e. The Morgan fingerprint density at radius 1 is 0.947 bits per heavy atom. The zero-order valence-electron chi connectivity index (χ0n) is 21.9. The number of hydrogen-bond donors (Lipinski definition) is 7. The smallest absolute Gasteiger partial charge is 0.306 e. The van der Waals surface area contributed by atoms with Gasteiger partial charge in [-0.25, -0.2) is 0 Å². The number of hydrogen-bond acceptors (Lipinski definition) is 6. The molecule has 12 heteroatoms. The predicted octanol–water partition coefficient (Wildman–Crippen LogP) is -0.251. The number of nitrogens with two attached hydrogens (primary N) is 3. The van der Waals surface area contributed by atoms with E-state index in [4.69, 9.17) is 17.2 Å². The van der Waals surface area contributed by atoms with Gasteiger partial charge in [0.15, 0.2) is 5.96 Å². The highest BCUT2D eigenvalue weighted by Crippen LogP contribution is 2.24. The second-order valence-electron chi connectivity index (χ2n) is 9.80. The minimum absolute atomic E-state index is 0.0178. The first-order valence-electron chi connectivity index (χ1n) is 13.1. The van der Waals surface area contributed by atoms with Crippen LogP contribution in [0.15, 0.2) is 35.3 Å². The molecule has 0 aromatic heterocycles. The molecule has 3 amide bonds. The van der Waals surface area contributed by atoms with Crippen molar-refractivity contribution in [3.05, 3.63) is 35.9 Å². The van der Waals surface area contributed by atoms with Gasteiger partial charge in [-0.2, -0.15) is 0 Å². The summed E-state index contributed by atoms with van der Waals surface area (Å²) in [5.41, 5.74) is 17.2. The van der Waals surface area contributed by atoms with Crippen molar-refractivity contribution in [3.63, 3.8) is 0 Å². The molecule has 0 heterocycles. The number of guanidine groups is 1. The molecule has 210 valence electrons. The fourth-order valence-electron chi connectivity index (χ4n) is 4.36. The van der Waals surface area contributed by atoms with Crippen molar-refractivity contribution in [3.8, 4) is 0 Å². The van der Waals surface area contributed by atoms with Crippen LogP contribution in [-0.2, 0) is 25.6 Å². The van der Waals surface area contributed by atoms with Gasteiger partial charge in [0.1, 0.15) is 12.1 Å². The van der Waals surface area contributed by atoms with E-state index in [2.05, 4.69) is 20.9 Å². The first kappa shape index (κ1) is 30.6. The summed E-state index contributed by atoms with van der Waals surface area (Å²) in [5, 5.41) is 17.7. The number of benzene rings is 1. The van der Waals surface area contributed by atoms with Crippen LogP contribution in [-0.4, -0.2) is 65.5 Å². The van der Waals surface area contributed by atoms with E-state index in [1.165, 1.54) is 6.92 Å². The molecular weight excluding hydrogens is 490 g/mol. The number of nitrogens with one attached hydrogen (secondary N) is 3. The number of nitrogens with zero attached hydrogens (tertiary/aromatic N) is 1. The van der Waals surface area contributed by atoms with Gasteiger partial charge in [0.05, 0.1) is 12.0 Å². The summed E-state index contributed by atoms with van der Waals surface area (Å²) in [4.78, 5) is 54.1. The molecule has 0 unspecified atom stereocenters. The topological polar surface area (TPSA) is 215 Å². The monoisotopic (exact) mass is 531 g/mol. The number of carbonyl (C=O) groups excluding carboxylic acids is 3. The molecule has 2 rings (SSSR count). The van der Waals surface area contributed by atoms with Crippen molar-refractivity contribution in [1.29, 1.82) is 0 Å². The standard InChI is InChI=1S/C26H41N7O5/c1-16(27)22(34)32-20(9-5-6-14-30-26(28)29)23(35)33-21(15-17-7-3-2-4-8-17)24(36)31-19-12-10-18(11-13-19)25(37)38/h2-4,7-8,16,18-21H,5-6,9-15,27H2,1H3,(H,31,36)(H,32,34)(H,33,35)(H,37,38)(H4,28,29,30)/t16-,18?,19?,20-,21-/m0/s1. The molecule has 1 fully saturated rings. The number of carboxylic acids is 1. The predicted molar refractivity (Wildman–Crippen MR) is 144 cm³/mol. The van der Waals surface area contributed by atoms with E-state index in [0.29, 0.717) is 51.5 Å². The number of unbranched alkanes of at least 4 members (excludes halogenated alkanes) is 1. The minimum Gasteiger partial charge on any atom is -0.481 e. The first-order chi connectivity index (χ1) is 18.1. The summed E-state index contributed by atoms with van der Waals surface area (Å²) < 4.78 is 0. The highest BCUT2D eigenvalue weighted by atomic mass is 16.4. The third kappa shape index (κ3) is 10.8. The fourth-order valence-corrected chi connectivity index (χ4v) is 4.36. The third-order valence-corrected chi connectivity index (χ3v) is 6.58. The normalized spacial score (nSPS) is 19.3. The van der Waals surface area contributed by atoms with Gasteiger partial charge in [0.2, 0.25) is 17.7 Å². The molecule has 0 saturated heterocycles. The summed E-state index contributed by atoms with van der Waals surface area (Å²) in [6.45, 7) is 1.91. The van der Waals surface area contributed by atoms with Crippen molar-refractivity contribution < 1.29 is 24.3 Å². The number of carboxylic acid groups (broad SMARTS) is 1. The lowest BCUT2D eigenvalue weighted by molar-refractivity contribution is -0.143. The molecule has 1 aliphatic rings. The van der Waals surface area contributed by atoms with Crippen molar-refractivity contribution >= 4 is 29.7 Å². The van der Waals surface area contributed by atoms with Crippen LogP contribution in [0.25, 0.3) is 0 Å². The van der Waals surface area contributed by atoms with Gasteiger partial charge >= 0.3 is 5.97 Å². The molecule has 1 aromatic rings. The van der Waals surface area contributed by atoms with E-state index in [9.17, 15) is 24.3 Å². The summed E-state index contributed by atoms with van der Waals surface area (Å²) in [7, 11) is 0. The van der Waals surface area contributed by atoms with Gasteiger partial charge in [-0.1, -0.05) is 30.3 Å². The Bertz CT molecular complexity index is 958. The van der Waals surface area contributed by atoms with E-state index in [0.717, 1.165) is 5.56 Å². The average Bonchev–Trinajstić information content (AvgIpc) is 2.87. The Morgan fingerprint density at radius 2 is 1.58 bits per heavy atom. The van der Waals surface area contributed by atoms with E-state index >= 15 is 0 Å². The highest BCUT2D eigenvalue weighted by Gasteiger charge is 2.31. The van der Waals surface area contributed by atoms with Crippen molar-refractivity contribution in [2.24, 2.45) is 28.1 Å². The maximum atomic E-state index is 13.3. The van der Waals surface area contributed by atoms with Crippen LogP contribution >= 0.6 is 0 Å². The second-order valence-corrected chi connectivity index (χ2v) is 9.80. The molecule has 1 saturated carbocycles. The molecule has 12 nitrogen and oxygen atoms in total. The van der Waals surface area contributed by atoms with Crippen LogP contribution < -0.4 is 33.2 Å². The molecule has 0 aliphatic heterocycles. The fraction of sp³-hybridized carbons (Fsp3) is 0.577. The van der Waals surface area contributed by atoms with Gasteiger partial charge in [-0.05, 0) is 57.4 Å². The lowest BCUT2D eigenvalue weighted by Gasteiger charge is -2.29. The molecular formula is C26H41N7O5. The van der Waals surface area contributed by atoms with E-state index in [-0.39, 0.29) is 24.3 Å². The van der Waals surface area contributed by atoms with Crippen LogP contribution in [0.4, 0.5) is 0 Å². The zero-order chi connectivity index (χ0) is 28.1. The van der Waals surface area contributed by atoms with Crippen LogP contribution in [0.5, 0.6) is 0 Å². The van der Waals surface area contributed by atoms with Crippen molar-refractivity contribution in [1.82, 2.24) is 16.0 Å². The SMILES string of the molecule is C[C@H](N)C(=O)N[C@@H](CCCCN=C(N)N)C(=O)N[C@@H](Cc1ccccc1)C(=O)NC1CCC(C(=O)O)CC1. The lowest BCUT2D eigenvalue weighted by Crippen LogP contribution is -2.57. The molecule has 0 radical (unpaired) electrons. The van der Waals surface area contributed by atoms with Gasteiger partial charge in [0.25, 0.3) is 0 Å². The molecule has 1 aliphatic carbocycles. The number of carbonyl (C=O) groups is 4. The number of aliphatic imine (C=N–C) groups is 1. The zero-order valence-corrected chi connectivity index (χ0v) is 21.9. The van der Waals surface area contributed by atoms with Crippen LogP contribution in [0.1, 0.15) is 57.4 Å². The summed E-state index contributed by atoms with van der Waals surface area (Å²) >= 11 is 0. The Labute approximate surface area is 223 Å². The Hall–Kier alpha value is -3.67. The minimum atomic E-state index is -0.898. The number of rotatable bonds is 14. The van der Waals surface area contributed by atoms with E-state index < -0.39 is 41.8 Å². The van der Waals surface area contributed by atoms with Crippen molar-refractivity contribution in [2.45, 2.75) is 82.5 Å². The van der Waals surface area contributed by atoms with Gasteiger partial charge in [-0.15, -0.1) is 0 Å². The maximum absolute atomic E-state index is 13.3. The summed E-state index contributed by atoms with van der Waals surface area (Å²) in [5.74, 6) is -2.56. The maximum Gasteiger partial charge on any atom is 0.306 e. The van der Waals surface area contributed by atoms with Gasteiger partial charge < -0.3 is 38.3 Å². The number of aliphatic carboxylic acids is 1. The molecule has 0 bridgehead atoms. The average molecular weight is 532 g/mol. The Kier molecular flexibility index (Phi) is 12.5. The highest BCUT2D eigenvalue weighted by molar-refractivity contribution is 5.93. The lowest BCUT2D eigenvalue weighted by atomic mass is 9.86. The number of amides is 3. The molecule has 0 spiro atoms. The summed E-state index contributed by atoms with van der Waals surface area (Å²) in [6.07, 6.45) is 3.79. The molecule has 1 aromatic carbocycles. The van der Waals surface area contributed by atoms with Gasteiger partial charge in [-0.3, -0.25) is 24.2 Å². The third-order valence-electron chi connectivity index (χ3n) is 6.58. The first-order valence-corrected chi connectivity index (χ1v) is 13.1. The Morgan fingerprint density at radius 3 is 2.16 bits per heavy atom. The molecule has 3 atom stereocenters. The van der Waals surface area contributed by atoms with E-state index in [1.807, 2.05) is 30.3 Å².